The number of benzene rings is 2. The molecule has 152 valence electrons. The summed E-state index contributed by atoms with van der Waals surface area (Å²) in [5, 5.41) is 3.41. The molecule has 3 rings (SSSR count). The van der Waals surface area contributed by atoms with Crippen molar-refractivity contribution >= 4 is 17.7 Å². The lowest BCUT2D eigenvalue weighted by Crippen LogP contribution is -2.24. The summed E-state index contributed by atoms with van der Waals surface area (Å²) in [4.78, 5) is 16.4. The summed E-state index contributed by atoms with van der Waals surface area (Å²) in [6.07, 6.45) is -0.847. The quantitative estimate of drug-likeness (QED) is 0.577. The zero-order valence-electron chi connectivity index (χ0n) is 16.0. The first-order valence-electron chi connectivity index (χ1n) is 8.90. The maximum atomic E-state index is 12.6. The van der Waals surface area contributed by atoms with Crippen molar-refractivity contribution in [3.8, 4) is 5.69 Å². The van der Waals surface area contributed by atoms with Gasteiger partial charge in [-0.2, -0.15) is 13.2 Å². The molecule has 0 spiro atoms. The highest BCUT2D eigenvalue weighted by atomic mass is 32.2. The van der Waals surface area contributed by atoms with Crippen LogP contribution in [0.4, 0.5) is 13.2 Å². The van der Waals surface area contributed by atoms with Gasteiger partial charge in [-0.25, -0.2) is 4.98 Å². The Labute approximate surface area is 171 Å². The first-order valence-corrected chi connectivity index (χ1v) is 9.89. The van der Waals surface area contributed by atoms with Gasteiger partial charge in [-0.1, -0.05) is 30.0 Å². The van der Waals surface area contributed by atoms with Gasteiger partial charge in [0.2, 0.25) is 5.91 Å². The van der Waals surface area contributed by atoms with Crippen LogP contribution >= 0.6 is 11.8 Å². The third-order valence-electron chi connectivity index (χ3n) is 4.48. The number of thioether (sulfide) groups is 1. The molecule has 0 aliphatic heterocycles. The smallest absolute Gasteiger partial charge is 0.351 e. The summed E-state index contributed by atoms with van der Waals surface area (Å²) in [5.41, 5.74) is 3.24. The van der Waals surface area contributed by atoms with Gasteiger partial charge in [0.05, 0.1) is 11.3 Å². The molecule has 0 aliphatic rings. The first-order chi connectivity index (χ1) is 13.7. The van der Waals surface area contributed by atoms with E-state index in [2.05, 4.69) is 16.4 Å². The average molecular weight is 419 g/mol. The fourth-order valence-corrected chi connectivity index (χ4v) is 3.46. The Kier molecular flexibility index (Phi) is 6.32. The topological polar surface area (TPSA) is 46.9 Å². The van der Waals surface area contributed by atoms with E-state index in [-0.39, 0.29) is 18.2 Å². The van der Waals surface area contributed by atoms with E-state index in [0.717, 1.165) is 17.8 Å². The molecule has 3 aromatic rings. The molecule has 2 aromatic carbocycles. The molecule has 4 nitrogen and oxygen atoms in total. The van der Waals surface area contributed by atoms with E-state index in [9.17, 15) is 18.0 Å². The number of halogens is 3. The summed E-state index contributed by atoms with van der Waals surface area (Å²) in [7, 11) is 0. The van der Waals surface area contributed by atoms with Gasteiger partial charge in [-0.3, -0.25) is 9.36 Å². The van der Waals surface area contributed by atoms with Gasteiger partial charge < -0.3 is 5.32 Å². The molecule has 0 atom stereocenters. The van der Waals surface area contributed by atoms with Gasteiger partial charge >= 0.3 is 6.18 Å². The maximum absolute atomic E-state index is 12.6. The molecule has 1 heterocycles. The molecule has 1 aromatic heterocycles. The molecular formula is C21H20F3N3OS. The molecule has 0 bridgehead atoms. The van der Waals surface area contributed by atoms with E-state index >= 15 is 0 Å². The minimum atomic E-state index is -4.36. The summed E-state index contributed by atoms with van der Waals surface area (Å²) in [6, 6.07) is 10.8. The van der Waals surface area contributed by atoms with Crippen molar-refractivity contribution in [1.29, 1.82) is 0 Å². The van der Waals surface area contributed by atoms with Crippen molar-refractivity contribution in [2.45, 2.75) is 31.7 Å². The van der Waals surface area contributed by atoms with Crippen LogP contribution in [0.1, 0.15) is 22.3 Å². The maximum Gasteiger partial charge on any atom is 0.416 e. The zero-order valence-corrected chi connectivity index (χ0v) is 16.8. The van der Waals surface area contributed by atoms with Gasteiger partial charge in [0.25, 0.3) is 0 Å². The predicted octanol–water partition coefficient (Wildman–Crippen LogP) is 4.92. The molecule has 29 heavy (non-hydrogen) atoms. The summed E-state index contributed by atoms with van der Waals surface area (Å²) in [6.45, 7) is 4.25. The fraction of sp³-hybridized carbons (Fsp3) is 0.238. The van der Waals surface area contributed by atoms with E-state index in [1.165, 1.54) is 35.0 Å². The highest BCUT2D eigenvalue weighted by Crippen LogP contribution is 2.29. The molecule has 0 saturated carbocycles. The van der Waals surface area contributed by atoms with E-state index < -0.39 is 11.7 Å². The molecule has 0 saturated heterocycles. The van der Waals surface area contributed by atoms with Crippen molar-refractivity contribution in [1.82, 2.24) is 14.9 Å². The number of nitrogens with one attached hydrogen (secondary N) is 1. The number of rotatable bonds is 6. The lowest BCUT2D eigenvalue weighted by molar-refractivity contribution is -0.137. The van der Waals surface area contributed by atoms with Crippen molar-refractivity contribution in [2.75, 3.05) is 5.75 Å². The van der Waals surface area contributed by atoms with Gasteiger partial charge in [0.1, 0.15) is 0 Å². The second kappa shape index (κ2) is 8.73. The van der Waals surface area contributed by atoms with Crippen molar-refractivity contribution in [3.63, 3.8) is 0 Å². The SMILES string of the molecule is Cc1ccc(-n2ccnc2SCC(=O)NCc2ccc(C(F)(F)F)cc2)cc1C. The number of hydrogen-bond acceptors (Lipinski definition) is 3. The average Bonchev–Trinajstić information content (AvgIpc) is 3.15. The lowest BCUT2D eigenvalue weighted by atomic mass is 10.1. The Morgan fingerprint density at radius 1 is 1.10 bits per heavy atom. The van der Waals surface area contributed by atoms with Crippen LogP contribution in [-0.2, 0) is 17.5 Å². The lowest BCUT2D eigenvalue weighted by Gasteiger charge is -2.10. The number of hydrogen-bond donors (Lipinski definition) is 1. The summed E-state index contributed by atoms with van der Waals surface area (Å²) >= 11 is 1.30. The molecule has 1 N–H and O–H groups in total. The Morgan fingerprint density at radius 2 is 1.83 bits per heavy atom. The largest absolute Gasteiger partial charge is 0.416 e. The van der Waals surface area contributed by atoms with E-state index in [1.54, 1.807) is 6.20 Å². The zero-order chi connectivity index (χ0) is 21.0. The monoisotopic (exact) mass is 419 g/mol. The second-order valence-corrected chi connectivity index (χ2v) is 7.55. The third kappa shape index (κ3) is 5.41. The minimum absolute atomic E-state index is 0.155. The Morgan fingerprint density at radius 3 is 2.48 bits per heavy atom. The van der Waals surface area contributed by atoms with E-state index in [4.69, 9.17) is 0 Å². The van der Waals surface area contributed by atoms with Gasteiger partial charge in [0, 0.05) is 24.6 Å². The molecule has 0 fully saturated rings. The molecule has 8 heteroatoms. The van der Waals surface area contributed by atoms with E-state index in [0.29, 0.717) is 10.7 Å². The molecule has 0 aliphatic carbocycles. The number of aromatic nitrogens is 2. The van der Waals surface area contributed by atoms with Crippen molar-refractivity contribution < 1.29 is 18.0 Å². The van der Waals surface area contributed by atoms with Crippen LogP contribution < -0.4 is 5.32 Å². The Bertz CT molecular complexity index is 997. The van der Waals surface area contributed by atoms with Crippen LogP contribution in [0.3, 0.4) is 0 Å². The third-order valence-corrected chi connectivity index (χ3v) is 5.45. The highest BCUT2D eigenvalue weighted by molar-refractivity contribution is 7.99. The van der Waals surface area contributed by atoms with Crippen LogP contribution in [0.5, 0.6) is 0 Å². The number of nitrogens with zero attached hydrogens (tertiary/aromatic N) is 2. The molecule has 1 amide bonds. The first kappa shape index (κ1) is 21.0. The van der Waals surface area contributed by atoms with Crippen molar-refractivity contribution in [3.05, 3.63) is 77.1 Å². The number of alkyl halides is 3. The Hall–Kier alpha value is -2.74. The molecular weight excluding hydrogens is 399 g/mol. The van der Waals surface area contributed by atoms with Crippen molar-refractivity contribution in [2.24, 2.45) is 0 Å². The molecule has 0 radical (unpaired) electrons. The second-order valence-electron chi connectivity index (χ2n) is 6.61. The van der Waals surface area contributed by atoms with E-state index in [1.807, 2.05) is 36.7 Å². The van der Waals surface area contributed by atoms with Crippen LogP contribution in [0.25, 0.3) is 5.69 Å². The minimum Gasteiger partial charge on any atom is -0.351 e. The summed E-state index contributed by atoms with van der Waals surface area (Å²) < 4.78 is 39.7. The number of aryl methyl sites for hydroxylation is 2. The molecule has 0 unspecified atom stereocenters. The van der Waals surface area contributed by atoms with Gasteiger partial charge in [-0.15, -0.1) is 0 Å². The number of imidazole rings is 1. The summed E-state index contributed by atoms with van der Waals surface area (Å²) in [5.74, 6) is -0.0628. The van der Waals surface area contributed by atoms with Crippen LogP contribution in [0.15, 0.2) is 60.0 Å². The number of amides is 1. The standard InChI is InChI=1S/C21H20F3N3OS/c1-14-3-8-18(11-15(14)2)27-10-9-25-20(27)29-13-19(28)26-12-16-4-6-17(7-5-16)21(22,23)24/h3-11H,12-13H2,1-2H3,(H,26,28). The number of carbonyl (C=O) groups excluding carboxylic acids is 1. The predicted molar refractivity (Wildman–Crippen MR) is 107 cm³/mol. The fourth-order valence-electron chi connectivity index (χ4n) is 2.66. The van der Waals surface area contributed by atoms with Crippen LogP contribution in [-0.4, -0.2) is 21.2 Å². The Balaban J connectivity index is 1.55. The van der Waals surface area contributed by atoms with Crippen LogP contribution in [0.2, 0.25) is 0 Å². The van der Waals surface area contributed by atoms with Gasteiger partial charge in [0.15, 0.2) is 5.16 Å². The number of carbonyl (C=O) groups is 1. The van der Waals surface area contributed by atoms with Crippen LogP contribution in [0, 0.1) is 13.8 Å². The van der Waals surface area contributed by atoms with Gasteiger partial charge in [-0.05, 0) is 54.8 Å². The normalized spacial score (nSPS) is 11.5. The highest BCUT2D eigenvalue weighted by Gasteiger charge is 2.29.